The van der Waals surface area contributed by atoms with Gasteiger partial charge in [0.15, 0.2) is 6.61 Å². The van der Waals surface area contributed by atoms with Crippen molar-refractivity contribution in [2.45, 2.75) is 32.4 Å². The summed E-state index contributed by atoms with van der Waals surface area (Å²) in [5, 5.41) is 12.1. The van der Waals surface area contributed by atoms with Gasteiger partial charge in [-0.3, -0.25) is 0 Å². The molecule has 4 heteroatoms. The molecule has 1 aliphatic heterocycles. The Bertz CT molecular complexity index is 447. The lowest BCUT2D eigenvalue weighted by atomic mass is 10.0. The van der Waals surface area contributed by atoms with Crippen LogP contribution < -0.4 is 10.1 Å². The largest absolute Gasteiger partial charge is 0.479 e. The van der Waals surface area contributed by atoms with E-state index in [0.29, 0.717) is 6.04 Å². The zero-order valence-electron chi connectivity index (χ0n) is 12.1. The van der Waals surface area contributed by atoms with Crippen molar-refractivity contribution in [1.82, 2.24) is 10.2 Å². The van der Waals surface area contributed by atoms with E-state index in [1.54, 1.807) is 0 Å². The molecule has 0 amide bonds. The lowest BCUT2D eigenvalue weighted by Gasteiger charge is -2.31. The number of benzene rings is 1. The first-order valence-corrected chi connectivity index (χ1v) is 7.36. The van der Waals surface area contributed by atoms with E-state index in [2.05, 4.69) is 23.2 Å². The summed E-state index contributed by atoms with van der Waals surface area (Å²) in [6.07, 6.45) is 2.44. The van der Waals surface area contributed by atoms with Crippen molar-refractivity contribution < 1.29 is 4.74 Å². The number of nitriles is 1. The van der Waals surface area contributed by atoms with Crippen LogP contribution in [-0.2, 0) is 6.54 Å². The third-order valence-electron chi connectivity index (χ3n) is 3.83. The first kappa shape index (κ1) is 14.8. The van der Waals surface area contributed by atoms with Crippen molar-refractivity contribution >= 4 is 0 Å². The Labute approximate surface area is 121 Å². The van der Waals surface area contributed by atoms with Crippen LogP contribution >= 0.6 is 0 Å². The maximum Gasteiger partial charge on any atom is 0.174 e. The van der Waals surface area contributed by atoms with E-state index in [1.807, 2.05) is 24.3 Å². The molecule has 0 radical (unpaired) electrons. The van der Waals surface area contributed by atoms with Crippen LogP contribution in [0.15, 0.2) is 24.3 Å². The van der Waals surface area contributed by atoms with Crippen LogP contribution in [0.4, 0.5) is 0 Å². The number of rotatable bonds is 6. The van der Waals surface area contributed by atoms with Gasteiger partial charge in [0, 0.05) is 12.6 Å². The number of hydrogen-bond acceptors (Lipinski definition) is 4. The second-order valence-corrected chi connectivity index (χ2v) is 5.18. The van der Waals surface area contributed by atoms with Crippen LogP contribution in [0.3, 0.4) is 0 Å². The lowest BCUT2D eigenvalue weighted by molar-refractivity contribution is 0.206. The molecule has 1 fully saturated rings. The number of nitrogens with one attached hydrogen (secondary N) is 1. The summed E-state index contributed by atoms with van der Waals surface area (Å²) in [6.45, 7) is 6.73. The zero-order valence-corrected chi connectivity index (χ0v) is 12.1. The second-order valence-electron chi connectivity index (χ2n) is 5.18. The van der Waals surface area contributed by atoms with Gasteiger partial charge in [0.25, 0.3) is 0 Å². The van der Waals surface area contributed by atoms with Crippen molar-refractivity contribution in [3.63, 3.8) is 0 Å². The fraction of sp³-hybridized carbons (Fsp3) is 0.562. The molecular weight excluding hydrogens is 250 g/mol. The summed E-state index contributed by atoms with van der Waals surface area (Å²) in [5.74, 6) is 0.770. The van der Waals surface area contributed by atoms with Gasteiger partial charge in [0.05, 0.1) is 0 Å². The normalized spacial score (nSPS) is 16.8. The lowest BCUT2D eigenvalue weighted by Crippen LogP contribution is -2.42. The standard InChI is InChI=1S/C16H23N3O/c1-2-19-9-6-15(7-10-19)18-13-14-4-3-5-16(12-14)20-11-8-17/h3-5,12,15,18H,2,6-7,9-11,13H2,1H3. The predicted octanol–water partition coefficient (Wildman–Crippen LogP) is 2.16. The summed E-state index contributed by atoms with van der Waals surface area (Å²) in [4.78, 5) is 2.49. The number of hydrogen-bond donors (Lipinski definition) is 1. The van der Waals surface area contributed by atoms with Crippen LogP contribution in [0.2, 0.25) is 0 Å². The van der Waals surface area contributed by atoms with Crippen molar-refractivity contribution in [3.8, 4) is 11.8 Å². The number of ether oxygens (including phenoxy) is 1. The Kier molecular flexibility index (Phi) is 5.85. The van der Waals surface area contributed by atoms with Crippen molar-refractivity contribution in [1.29, 1.82) is 5.26 Å². The summed E-state index contributed by atoms with van der Waals surface area (Å²) in [7, 11) is 0. The smallest absolute Gasteiger partial charge is 0.174 e. The first-order valence-electron chi connectivity index (χ1n) is 7.36. The van der Waals surface area contributed by atoms with Gasteiger partial charge in [-0.25, -0.2) is 0 Å². The molecule has 4 nitrogen and oxygen atoms in total. The highest BCUT2D eigenvalue weighted by Gasteiger charge is 2.17. The van der Waals surface area contributed by atoms with Crippen molar-refractivity contribution in [2.24, 2.45) is 0 Å². The molecule has 0 unspecified atom stereocenters. The Hall–Kier alpha value is -1.57. The van der Waals surface area contributed by atoms with E-state index < -0.39 is 0 Å². The number of nitrogens with zero attached hydrogens (tertiary/aromatic N) is 2. The molecule has 108 valence electrons. The highest BCUT2D eigenvalue weighted by atomic mass is 16.5. The molecule has 1 N–H and O–H groups in total. The molecule has 2 rings (SSSR count). The van der Waals surface area contributed by atoms with Crippen molar-refractivity contribution in [3.05, 3.63) is 29.8 Å². The van der Waals surface area contributed by atoms with Crippen LogP contribution in [0, 0.1) is 11.3 Å². The molecule has 0 spiro atoms. The molecule has 1 aromatic rings. The monoisotopic (exact) mass is 273 g/mol. The molecule has 20 heavy (non-hydrogen) atoms. The van der Waals surface area contributed by atoms with Crippen LogP contribution in [-0.4, -0.2) is 37.2 Å². The molecule has 1 aromatic carbocycles. The van der Waals surface area contributed by atoms with E-state index >= 15 is 0 Å². The summed E-state index contributed by atoms with van der Waals surface area (Å²) >= 11 is 0. The van der Waals surface area contributed by atoms with Crippen LogP contribution in [0.5, 0.6) is 5.75 Å². The Morgan fingerprint density at radius 2 is 2.20 bits per heavy atom. The topological polar surface area (TPSA) is 48.3 Å². The van der Waals surface area contributed by atoms with E-state index in [4.69, 9.17) is 10.00 Å². The fourth-order valence-corrected chi connectivity index (χ4v) is 2.58. The van der Waals surface area contributed by atoms with Gasteiger partial charge in [0.2, 0.25) is 0 Å². The van der Waals surface area contributed by atoms with Crippen LogP contribution in [0.1, 0.15) is 25.3 Å². The maximum absolute atomic E-state index is 8.52. The molecule has 1 heterocycles. The minimum absolute atomic E-state index is 0.104. The summed E-state index contributed by atoms with van der Waals surface area (Å²) in [5.41, 5.74) is 1.21. The predicted molar refractivity (Wildman–Crippen MR) is 79.5 cm³/mol. The molecule has 1 saturated heterocycles. The molecule has 0 atom stereocenters. The number of likely N-dealkylation sites (tertiary alicyclic amines) is 1. The molecule has 0 saturated carbocycles. The van der Waals surface area contributed by atoms with Gasteiger partial charge in [-0.05, 0) is 50.2 Å². The zero-order chi connectivity index (χ0) is 14.2. The highest BCUT2D eigenvalue weighted by Crippen LogP contribution is 2.15. The second kappa shape index (κ2) is 7.88. The van der Waals surface area contributed by atoms with Gasteiger partial charge in [0.1, 0.15) is 11.8 Å². The van der Waals surface area contributed by atoms with Gasteiger partial charge >= 0.3 is 0 Å². The summed E-state index contributed by atoms with van der Waals surface area (Å²) < 4.78 is 5.32. The molecule has 0 aliphatic carbocycles. The average Bonchev–Trinajstić information content (AvgIpc) is 2.52. The van der Waals surface area contributed by atoms with E-state index in [0.717, 1.165) is 18.8 Å². The minimum Gasteiger partial charge on any atom is -0.479 e. The molecule has 1 aliphatic rings. The third-order valence-corrected chi connectivity index (χ3v) is 3.83. The third kappa shape index (κ3) is 4.52. The Morgan fingerprint density at radius 1 is 1.40 bits per heavy atom. The fourth-order valence-electron chi connectivity index (χ4n) is 2.58. The van der Waals surface area contributed by atoms with Gasteiger partial charge in [-0.2, -0.15) is 5.26 Å². The van der Waals surface area contributed by atoms with E-state index in [9.17, 15) is 0 Å². The first-order chi connectivity index (χ1) is 9.81. The van der Waals surface area contributed by atoms with Gasteiger partial charge in [-0.1, -0.05) is 19.1 Å². The molecular formula is C16H23N3O. The van der Waals surface area contributed by atoms with E-state index in [1.165, 1.54) is 31.5 Å². The molecule has 0 aromatic heterocycles. The Balaban J connectivity index is 1.78. The van der Waals surface area contributed by atoms with Gasteiger partial charge < -0.3 is 15.0 Å². The SMILES string of the molecule is CCN1CCC(NCc2cccc(OCC#N)c2)CC1. The Morgan fingerprint density at radius 3 is 2.90 bits per heavy atom. The van der Waals surface area contributed by atoms with Gasteiger partial charge in [-0.15, -0.1) is 0 Å². The maximum atomic E-state index is 8.52. The quantitative estimate of drug-likeness (QED) is 0.863. The number of piperidine rings is 1. The van der Waals surface area contributed by atoms with Crippen molar-refractivity contribution in [2.75, 3.05) is 26.2 Å². The highest BCUT2D eigenvalue weighted by molar-refractivity contribution is 5.28. The molecule has 0 bridgehead atoms. The minimum atomic E-state index is 0.104. The van der Waals surface area contributed by atoms with Crippen LogP contribution in [0.25, 0.3) is 0 Å². The average molecular weight is 273 g/mol. The summed E-state index contributed by atoms with van der Waals surface area (Å²) in [6, 6.07) is 10.6. The van der Waals surface area contributed by atoms with E-state index in [-0.39, 0.29) is 6.61 Å².